The number of hydrogen-bond acceptors (Lipinski definition) is 4. The topological polar surface area (TPSA) is 86.8 Å². The zero-order chi connectivity index (χ0) is 9.84. The van der Waals surface area contributed by atoms with Crippen molar-refractivity contribution in [2.24, 2.45) is 11.7 Å². The molecule has 0 aliphatic carbocycles. The van der Waals surface area contributed by atoms with Crippen LogP contribution in [0, 0.1) is 5.92 Å². The van der Waals surface area contributed by atoms with E-state index >= 15 is 0 Å². The SMILES string of the molecule is NCC1CC(=O)N(C[C@@H](O)CO)C1. The molecule has 13 heavy (non-hydrogen) atoms. The van der Waals surface area contributed by atoms with E-state index in [1.165, 1.54) is 0 Å². The number of rotatable bonds is 4. The minimum absolute atomic E-state index is 0.0166. The number of β-amino-alcohol motifs (C(OH)–C–C–N with tert-alkyl or cyclic N) is 1. The van der Waals surface area contributed by atoms with Crippen molar-refractivity contribution in [1.82, 2.24) is 4.90 Å². The summed E-state index contributed by atoms with van der Waals surface area (Å²) in [5.74, 6) is 0.223. The first-order chi connectivity index (χ1) is 6.17. The molecule has 0 saturated carbocycles. The summed E-state index contributed by atoms with van der Waals surface area (Å²) < 4.78 is 0. The second-order valence-electron chi connectivity index (χ2n) is 3.44. The summed E-state index contributed by atoms with van der Waals surface area (Å²) >= 11 is 0. The number of aliphatic hydroxyl groups is 2. The Kier molecular flexibility index (Phi) is 3.65. The third kappa shape index (κ3) is 2.65. The van der Waals surface area contributed by atoms with E-state index in [1.807, 2.05) is 0 Å². The van der Waals surface area contributed by atoms with E-state index in [9.17, 15) is 4.79 Å². The summed E-state index contributed by atoms with van der Waals surface area (Å²) in [6.07, 6.45) is -0.366. The minimum Gasteiger partial charge on any atom is -0.394 e. The molecule has 1 fully saturated rings. The fourth-order valence-corrected chi connectivity index (χ4v) is 1.50. The third-order valence-electron chi connectivity index (χ3n) is 2.27. The van der Waals surface area contributed by atoms with Crippen LogP contribution in [-0.2, 0) is 4.79 Å². The maximum Gasteiger partial charge on any atom is 0.223 e. The van der Waals surface area contributed by atoms with Crippen molar-refractivity contribution in [3.05, 3.63) is 0 Å². The largest absolute Gasteiger partial charge is 0.394 e. The highest BCUT2D eigenvalue weighted by molar-refractivity contribution is 5.78. The van der Waals surface area contributed by atoms with Gasteiger partial charge in [-0.15, -0.1) is 0 Å². The van der Waals surface area contributed by atoms with E-state index in [1.54, 1.807) is 4.90 Å². The summed E-state index contributed by atoms with van der Waals surface area (Å²) in [5, 5.41) is 17.7. The van der Waals surface area contributed by atoms with Gasteiger partial charge in [0, 0.05) is 19.5 Å². The molecule has 5 nitrogen and oxygen atoms in total. The fraction of sp³-hybridized carbons (Fsp3) is 0.875. The van der Waals surface area contributed by atoms with Crippen LogP contribution >= 0.6 is 0 Å². The van der Waals surface area contributed by atoms with Crippen LogP contribution in [0.1, 0.15) is 6.42 Å². The quantitative estimate of drug-likeness (QED) is 0.483. The Morgan fingerprint density at radius 3 is 2.85 bits per heavy atom. The van der Waals surface area contributed by atoms with Crippen molar-refractivity contribution < 1.29 is 15.0 Å². The van der Waals surface area contributed by atoms with Crippen LogP contribution in [0.3, 0.4) is 0 Å². The van der Waals surface area contributed by atoms with Crippen molar-refractivity contribution in [3.63, 3.8) is 0 Å². The molecule has 1 amide bonds. The second-order valence-corrected chi connectivity index (χ2v) is 3.44. The standard InChI is InChI=1S/C8H16N2O3/c9-2-6-1-8(13)10(3-6)4-7(12)5-11/h6-7,11-12H,1-5,9H2/t6?,7-/m1/s1. The van der Waals surface area contributed by atoms with E-state index in [0.29, 0.717) is 19.5 Å². The minimum atomic E-state index is -0.833. The van der Waals surface area contributed by atoms with Crippen molar-refractivity contribution in [2.75, 3.05) is 26.2 Å². The Morgan fingerprint density at radius 1 is 1.69 bits per heavy atom. The van der Waals surface area contributed by atoms with Crippen LogP contribution in [0.5, 0.6) is 0 Å². The van der Waals surface area contributed by atoms with Crippen LogP contribution in [0.25, 0.3) is 0 Å². The lowest BCUT2D eigenvalue weighted by molar-refractivity contribution is -0.129. The monoisotopic (exact) mass is 188 g/mol. The lowest BCUT2D eigenvalue weighted by Crippen LogP contribution is -2.35. The predicted octanol–water partition coefficient (Wildman–Crippen LogP) is -1.85. The van der Waals surface area contributed by atoms with Gasteiger partial charge in [0.2, 0.25) is 5.91 Å². The molecule has 1 saturated heterocycles. The van der Waals surface area contributed by atoms with Gasteiger partial charge in [0.25, 0.3) is 0 Å². The molecule has 1 heterocycles. The summed E-state index contributed by atoms with van der Waals surface area (Å²) in [6.45, 7) is 1.01. The third-order valence-corrected chi connectivity index (χ3v) is 2.27. The Labute approximate surface area is 77.1 Å². The molecule has 0 bridgehead atoms. The van der Waals surface area contributed by atoms with Crippen LogP contribution in [-0.4, -0.2) is 53.4 Å². The molecule has 1 rings (SSSR count). The fourth-order valence-electron chi connectivity index (χ4n) is 1.50. The highest BCUT2D eigenvalue weighted by atomic mass is 16.3. The molecule has 0 radical (unpaired) electrons. The van der Waals surface area contributed by atoms with E-state index in [0.717, 1.165) is 0 Å². The molecular formula is C8H16N2O3. The molecule has 4 N–H and O–H groups in total. The van der Waals surface area contributed by atoms with Gasteiger partial charge in [0.05, 0.1) is 12.7 Å². The second kappa shape index (κ2) is 4.55. The maximum absolute atomic E-state index is 11.3. The molecule has 2 atom stereocenters. The number of carbonyl (C=O) groups excluding carboxylic acids is 1. The number of likely N-dealkylation sites (tertiary alicyclic amines) is 1. The number of hydrogen-bond donors (Lipinski definition) is 3. The normalized spacial score (nSPS) is 25.3. The van der Waals surface area contributed by atoms with Gasteiger partial charge in [0.15, 0.2) is 0 Å². The van der Waals surface area contributed by atoms with Crippen LogP contribution in [0.2, 0.25) is 0 Å². The highest BCUT2D eigenvalue weighted by Crippen LogP contribution is 2.16. The Balaban J connectivity index is 2.39. The molecule has 1 aliphatic rings. The van der Waals surface area contributed by atoms with Crippen LogP contribution in [0.15, 0.2) is 0 Å². The van der Waals surface area contributed by atoms with Crippen LogP contribution < -0.4 is 5.73 Å². The van der Waals surface area contributed by atoms with Gasteiger partial charge in [-0.3, -0.25) is 4.79 Å². The molecule has 1 aliphatic heterocycles. The molecule has 5 heteroatoms. The number of nitrogens with zero attached hydrogens (tertiary/aromatic N) is 1. The van der Waals surface area contributed by atoms with E-state index < -0.39 is 6.10 Å². The Hall–Kier alpha value is -0.650. The van der Waals surface area contributed by atoms with Gasteiger partial charge in [0.1, 0.15) is 0 Å². The summed E-state index contributed by atoms with van der Waals surface area (Å²) in [7, 11) is 0. The Bertz CT molecular complexity index is 186. The first-order valence-corrected chi connectivity index (χ1v) is 4.44. The van der Waals surface area contributed by atoms with E-state index in [-0.39, 0.29) is 25.0 Å². The van der Waals surface area contributed by atoms with Crippen molar-refractivity contribution in [1.29, 1.82) is 0 Å². The van der Waals surface area contributed by atoms with Gasteiger partial charge in [-0.1, -0.05) is 0 Å². The first kappa shape index (κ1) is 10.4. The number of amides is 1. The molecule has 76 valence electrons. The number of nitrogens with two attached hydrogens (primary N) is 1. The number of aliphatic hydroxyl groups excluding tert-OH is 2. The predicted molar refractivity (Wildman–Crippen MR) is 46.8 cm³/mol. The molecule has 0 aromatic heterocycles. The zero-order valence-corrected chi connectivity index (χ0v) is 7.52. The van der Waals surface area contributed by atoms with Gasteiger partial charge < -0.3 is 20.8 Å². The highest BCUT2D eigenvalue weighted by Gasteiger charge is 2.29. The smallest absolute Gasteiger partial charge is 0.223 e. The summed E-state index contributed by atoms with van der Waals surface area (Å²) in [5.41, 5.74) is 5.43. The first-order valence-electron chi connectivity index (χ1n) is 4.44. The average molecular weight is 188 g/mol. The molecular weight excluding hydrogens is 172 g/mol. The molecule has 0 spiro atoms. The Morgan fingerprint density at radius 2 is 2.38 bits per heavy atom. The molecule has 1 unspecified atom stereocenters. The van der Waals surface area contributed by atoms with Crippen molar-refractivity contribution >= 4 is 5.91 Å². The van der Waals surface area contributed by atoms with Crippen molar-refractivity contribution in [2.45, 2.75) is 12.5 Å². The van der Waals surface area contributed by atoms with Crippen molar-refractivity contribution in [3.8, 4) is 0 Å². The van der Waals surface area contributed by atoms with Gasteiger partial charge in [-0.2, -0.15) is 0 Å². The maximum atomic E-state index is 11.3. The summed E-state index contributed by atoms with van der Waals surface area (Å²) in [4.78, 5) is 12.8. The van der Waals surface area contributed by atoms with Crippen LogP contribution in [0.4, 0.5) is 0 Å². The van der Waals surface area contributed by atoms with Gasteiger partial charge in [-0.05, 0) is 12.5 Å². The lowest BCUT2D eigenvalue weighted by atomic mass is 10.1. The van der Waals surface area contributed by atoms with Gasteiger partial charge >= 0.3 is 0 Å². The lowest BCUT2D eigenvalue weighted by Gasteiger charge is -2.18. The zero-order valence-electron chi connectivity index (χ0n) is 7.52. The molecule has 0 aromatic rings. The average Bonchev–Trinajstić information content (AvgIpc) is 2.47. The number of carbonyl (C=O) groups is 1. The summed E-state index contributed by atoms with van der Waals surface area (Å²) in [6, 6.07) is 0. The molecule has 0 aromatic carbocycles. The van der Waals surface area contributed by atoms with E-state index in [4.69, 9.17) is 15.9 Å². The van der Waals surface area contributed by atoms with Gasteiger partial charge in [-0.25, -0.2) is 0 Å². The van der Waals surface area contributed by atoms with E-state index in [2.05, 4.69) is 0 Å².